The number of ether oxygens (including phenoxy) is 5. The molecule has 1 fully saturated rings. The van der Waals surface area contributed by atoms with Gasteiger partial charge in [-0.1, -0.05) is 152 Å². The summed E-state index contributed by atoms with van der Waals surface area (Å²) >= 11 is 1.53. The zero-order valence-corrected chi connectivity index (χ0v) is 73.1. The third-order valence-corrected chi connectivity index (χ3v) is 23.9. The molecule has 12 atom stereocenters. The summed E-state index contributed by atoms with van der Waals surface area (Å²) in [5.74, 6) is -7.59. The molecule has 2 aliphatic rings. The molecule has 1 saturated heterocycles. The minimum Gasteiger partial charge on any atom is -0.449 e. The molecule has 4 aromatic carbocycles. The first-order chi connectivity index (χ1) is 56.4. The van der Waals surface area contributed by atoms with Crippen molar-refractivity contribution >= 4 is 88.1 Å². The number of hydrogen-bond acceptors (Lipinski definition) is 19. The van der Waals surface area contributed by atoms with Crippen LogP contribution in [0.25, 0.3) is 11.1 Å². The zero-order valence-electron chi connectivity index (χ0n) is 72.3. The fourth-order valence-corrected chi connectivity index (χ4v) is 16.7. The van der Waals surface area contributed by atoms with Crippen LogP contribution in [0.15, 0.2) is 115 Å². The predicted molar refractivity (Wildman–Crippen MR) is 457 cm³/mol. The van der Waals surface area contributed by atoms with Crippen LogP contribution in [0.4, 0.5) is 24.9 Å². The van der Waals surface area contributed by atoms with Crippen LogP contribution in [-0.4, -0.2) is 181 Å². The maximum Gasteiger partial charge on any atom is 0.408 e. The number of carbonyl (C=O) groups is 12. The highest BCUT2D eigenvalue weighted by Crippen LogP contribution is 2.45. The molecule has 2 heterocycles. The molecule has 0 bridgehead atoms. The maximum absolute atomic E-state index is 14.9. The van der Waals surface area contributed by atoms with E-state index >= 15 is 0 Å². The van der Waals surface area contributed by atoms with Gasteiger partial charge in [0, 0.05) is 119 Å². The van der Waals surface area contributed by atoms with Crippen LogP contribution >= 0.6 is 11.3 Å². The Morgan fingerprint density at radius 3 is 1.87 bits per heavy atom. The predicted octanol–water partition coefficient (Wildman–Crippen LogP) is 13.6. The van der Waals surface area contributed by atoms with E-state index in [0.717, 1.165) is 32.8 Å². The number of amides is 9. The number of nitrogens with zero attached hydrogens (tertiary/aromatic N) is 3. The van der Waals surface area contributed by atoms with Gasteiger partial charge in [0.25, 0.3) is 0 Å². The number of nitrogens with one attached hydrogen (secondary N) is 6. The van der Waals surface area contributed by atoms with E-state index in [1.165, 1.54) is 39.2 Å². The van der Waals surface area contributed by atoms with Crippen molar-refractivity contribution in [1.29, 1.82) is 0 Å². The molecule has 9 amide bonds. The lowest BCUT2D eigenvalue weighted by molar-refractivity contribution is -0.149. The van der Waals surface area contributed by atoms with E-state index in [-0.39, 0.29) is 125 Å². The summed E-state index contributed by atoms with van der Waals surface area (Å²) in [5, 5.41) is 19.1. The smallest absolute Gasteiger partial charge is 0.408 e. The number of thiazole rings is 1. The summed E-state index contributed by atoms with van der Waals surface area (Å²) in [6.45, 7) is 23.3. The number of urea groups is 1. The van der Waals surface area contributed by atoms with Crippen LogP contribution < -0.4 is 37.6 Å². The molecule has 7 rings (SSSR count). The summed E-state index contributed by atoms with van der Waals surface area (Å²) in [6.07, 6.45) is 1.32. The van der Waals surface area contributed by atoms with E-state index in [1.807, 2.05) is 124 Å². The molecular weight excluding hydrogens is 1540 g/mol. The molecule has 27 nitrogen and oxygen atoms in total. The number of ketones is 4. The monoisotopic (exact) mass is 1660 g/mol. The number of anilines is 1. The summed E-state index contributed by atoms with van der Waals surface area (Å²) < 4.78 is 29.0. The Labute approximate surface area is 706 Å². The van der Waals surface area contributed by atoms with E-state index in [0.29, 0.717) is 56.3 Å². The first kappa shape index (κ1) is 96.2. The molecule has 28 heteroatoms. The number of rotatable bonds is 47. The highest BCUT2D eigenvalue weighted by molar-refractivity contribution is 7.09. The number of methoxy groups -OCH3 is 2. The lowest BCUT2D eigenvalue weighted by Crippen LogP contribution is -2.55. The van der Waals surface area contributed by atoms with Gasteiger partial charge in [0.15, 0.2) is 17.3 Å². The van der Waals surface area contributed by atoms with Gasteiger partial charge in [-0.15, -0.1) is 11.3 Å². The highest BCUT2D eigenvalue weighted by Gasteiger charge is 2.45. The summed E-state index contributed by atoms with van der Waals surface area (Å²) in [5.41, 5.74) is 9.27. The largest absolute Gasteiger partial charge is 0.449 e. The van der Waals surface area contributed by atoms with Gasteiger partial charge < -0.3 is 71.1 Å². The Morgan fingerprint density at radius 1 is 0.647 bits per heavy atom. The van der Waals surface area contributed by atoms with Crippen LogP contribution in [-0.2, 0) is 75.1 Å². The summed E-state index contributed by atoms with van der Waals surface area (Å²) in [6, 6.07) is 28.5. The number of likely N-dealkylation sites (N-methyl/N-ethyl adjacent to an activating group) is 1. The van der Waals surface area contributed by atoms with Crippen LogP contribution in [0.1, 0.15) is 213 Å². The van der Waals surface area contributed by atoms with Gasteiger partial charge in [-0.2, -0.15) is 0 Å². The topological polar surface area (TPSA) is 369 Å². The van der Waals surface area contributed by atoms with Crippen molar-refractivity contribution in [2.24, 2.45) is 47.2 Å². The standard InChI is InChI=1S/C91H128N10O17S/c1-17-57(6)80(76(114-15)52-78(106)101-45-28-37-72(101)81(115-16)58(7)73(102)50-64(84-93-44-46-119-84)47-60-29-19-18-20-30-60)100(14)85(109)70(55(2)3)51-77(105)91(12,13)99-89(113)116-53-61-38-40-65(41-39-61)97-82(107)63(32-27-43-94-86(92)110)49-75(104)79(56(4)5)98-83(108)62(48-74(103)59(8)96-88(112)118-90(9,10)11)31-25-26-42-95-87(111)117-54-71-68-35-23-21-33-66(68)67-34-22-24-36-69(67)71/h18-24,29-30,33-36,38-41,44,46,55-59,62-64,70-72,76,79-81H,17,25-28,31-32,37,42-43,45,47-54H2,1-16H3,(H,95,111)(H,96,112)(H,97,107)(H,98,108)(H,99,113)(H3,92,94,110)/t57-,58-,59+,62+,63+,64+,70-,72-,76+,79-,80-,81+/m0/s1. The molecule has 1 aliphatic heterocycles. The number of unbranched alkanes of at least 4 members (excludes halogenated alkanes) is 1. The van der Waals surface area contributed by atoms with E-state index in [4.69, 9.17) is 29.4 Å². The van der Waals surface area contributed by atoms with Crippen LogP contribution in [0.2, 0.25) is 0 Å². The fraction of sp³-hybridized carbons (Fsp3) is 0.571. The number of carbonyl (C=O) groups excluding carboxylic acids is 12. The number of primary amides is 1. The Hall–Kier alpha value is -9.93. The van der Waals surface area contributed by atoms with Gasteiger partial charge in [-0.05, 0) is 150 Å². The lowest BCUT2D eigenvalue weighted by Gasteiger charge is -2.41. The van der Waals surface area contributed by atoms with Crippen LogP contribution in [0.3, 0.4) is 0 Å². The second-order valence-electron chi connectivity index (χ2n) is 34.0. The molecule has 8 N–H and O–H groups in total. The van der Waals surface area contributed by atoms with Crippen molar-refractivity contribution < 1.29 is 81.2 Å². The minimum atomic E-state index is -1.51. The van der Waals surface area contributed by atoms with Crippen LogP contribution in [0.5, 0.6) is 0 Å². The number of fused-ring (bicyclic) bond motifs is 3. The van der Waals surface area contributed by atoms with E-state index in [2.05, 4.69) is 36.9 Å². The van der Waals surface area contributed by atoms with Gasteiger partial charge in [-0.3, -0.25) is 38.4 Å². The Bertz CT molecular complexity index is 4160. The average Bonchev–Trinajstić information content (AvgIpc) is 1.62. The van der Waals surface area contributed by atoms with Gasteiger partial charge in [0.2, 0.25) is 23.6 Å². The lowest BCUT2D eigenvalue weighted by atomic mass is 9.83. The second-order valence-corrected chi connectivity index (χ2v) is 34.9. The molecule has 119 heavy (non-hydrogen) atoms. The number of likely N-dealkylation sites (tertiary alicyclic amines) is 1. The molecule has 1 aliphatic carbocycles. The van der Waals surface area contributed by atoms with Crippen molar-refractivity contribution in [3.63, 3.8) is 0 Å². The van der Waals surface area contributed by atoms with Crippen molar-refractivity contribution in [1.82, 2.24) is 41.4 Å². The SMILES string of the molecule is CC[C@H](C)[C@@H]([C@@H](CC(=O)N1CCC[C@H]1[C@H](OC)[C@@H](C)C(=O)C[C@@H](Cc1ccccc1)c1nccs1)OC)N(C)C(=O)[C@@H](CC(=O)C(C)(C)NC(=O)OCc1ccc(NC(=O)[C@H](CCCNC(N)=O)CC(=O)[C@@H](NC(=O)[C@H](CCCCNC(=O)OCC2c3ccccc3-c3ccccc32)CC(=O)[C@@H](C)NC(=O)OC(C)(C)C)C(C)C)cc1)C(C)C. The summed E-state index contributed by atoms with van der Waals surface area (Å²) in [7, 11) is 4.79. The van der Waals surface area contributed by atoms with Gasteiger partial charge in [0.05, 0.1) is 53.3 Å². The molecule has 0 saturated carbocycles. The first-order valence-electron chi connectivity index (χ1n) is 41.9. The third-order valence-electron chi connectivity index (χ3n) is 22.9. The van der Waals surface area contributed by atoms with Crippen molar-refractivity contribution in [2.75, 3.05) is 52.8 Å². The maximum atomic E-state index is 14.9. The number of aromatic nitrogens is 1. The fourth-order valence-electron chi connectivity index (χ4n) is 15.9. The number of alkyl carbamates (subject to hydrolysis) is 3. The van der Waals surface area contributed by atoms with E-state index in [9.17, 15) is 57.5 Å². The molecule has 0 spiro atoms. The third kappa shape index (κ3) is 28.6. The molecule has 1 aromatic heterocycles. The average molecular weight is 1670 g/mol. The second kappa shape index (κ2) is 46.0. The molecule has 0 unspecified atom stereocenters. The Kier molecular flexibility index (Phi) is 37.2. The molecular formula is C91H128N10O17S. The number of benzene rings is 4. The zero-order chi connectivity index (χ0) is 87.4. The minimum absolute atomic E-state index is 0.0250. The molecule has 650 valence electrons. The first-order valence-corrected chi connectivity index (χ1v) is 42.8. The quantitative estimate of drug-likeness (QED) is 0.0140. The van der Waals surface area contributed by atoms with Gasteiger partial charge >= 0.3 is 24.3 Å². The van der Waals surface area contributed by atoms with Gasteiger partial charge in [0.1, 0.15) is 24.6 Å². The number of Topliss-reactive ketones (excluding diaryl/α,β-unsaturated/α-hetero) is 4. The normalized spacial score (nSPS) is 16.2. The molecule has 0 radical (unpaired) electrons. The van der Waals surface area contributed by atoms with Gasteiger partial charge in [-0.25, -0.2) is 24.2 Å². The van der Waals surface area contributed by atoms with Crippen molar-refractivity contribution in [2.45, 2.75) is 246 Å². The highest BCUT2D eigenvalue weighted by atomic mass is 32.1. The van der Waals surface area contributed by atoms with E-state index in [1.54, 1.807) is 84.1 Å². The van der Waals surface area contributed by atoms with E-state index < -0.39 is 125 Å². The van der Waals surface area contributed by atoms with Crippen molar-refractivity contribution in [3.8, 4) is 11.1 Å². The Morgan fingerprint density at radius 2 is 1.27 bits per heavy atom. The summed E-state index contributed by atoms with van der Waals surface area (Å²) in [4.78, 5) is 174. The molecule has 5 aromatic rings. The Balaban J connectivity index is 0.926. The van der Waals surface area contributed by atoms with Crippen molar-refractivity contribution in [3.05, 3.63) is 142 Å². The number of nitrogens with two attached hydrogens (primary N) is 1. The number of hydrogen-bond donors (Lipinski definition) is 7. The van der Waals surface area contributed by atoms with Crippen LogP contribution in [0, 0.1) is 41.4 Å².